The molecule has 3 atom stereocenters. The van der Waals surface area contributed by atoms with Gasteiger partial charge in [-0.3, -0.25) is 4.90 Å². The Hall–Kier alpha value is -1.48. The maximum absolute atomic E-state index is 13.6. The topological polar surface area (TPSA) is 45.5 Å². The highest BCUT2D eigenvalue weighted by Crippen LogP contribution is 2.34. The highest BCUT2D eigenvalue weighted by molar-refractivity contribution is 5.37. The minimum absolute atomic E-state index is 0.269. The van der Waals surface area contributed by atoms with Crippen LogP contribution in [0.15, 0.2) is 18.2 Å². The van der Waals surface area contributed by atoms with Crippen molar-refractivity contribution in [3.63, 3.8) is 0 Å². The van der Waals surface area contributed by atoms with Crippen molar-refractivity contribution in [2.45, 2.75) is 38.0 Å². The van der Waals surface area contributed by atoms with Gasteiger partial charge in [-0.05, 0) is 36.6 Å². The second kappa shape index (κ2) is 7.39. The molecule has 3 rings (SSSR count). The van der Waals surface area contributed by atoms with Gasteiger partial charge in [-0.1, -0.05) is 6.42 Å². The summed E-state index contributed by atoms with van der Waals surface area (Å²) in [7, 11) is 1.78. The number of methoxy groups -OCH3 is 1. The van der Waals surface area contributed by atoms with E-state index in [0.29, 0.717) is 31.2 Å². The molecule has 2 aliphatic rings. The summed E-state index contributed by atoms with van der Waals surface area (Å²) in [6.45, 7) is 2.75. The zero-order valence-corrected chi connectivity index (χ0v) is 13.5. The predicted octanol–water partition coefficient (Wildman–Crippen LogP) is 2.71. The number of nitrogens with zero attached hydrogens (tertiary/aromatic N) is 2. The van der Waals surface area contributed by atoms with Crippen LogP contribution in [0, 0.1) is 23.1 Å². The Morgan fingerprint density at radius 1 is 1.43 bits per heavy atom. The van der Waals surface area contributed by atoms with Gasteiger partial charge in [-0.25, -0.2) is 4.39 Å². The fourth-order valence-electron chi connectivity index (χ4n) is 3.96. The molecule has 0 aromatic heterocycles. The number of benzene rings is 1. The Bertz CT molecular complexity index is 587. The molecule has 1 aromatic rings. The fourth-order valence-corrected chi connectivity index (χ4v) is 3.96. The molecule has 23 heavy (non-hydrogen) atoms. The van der Waals surface area contributed by atoms with E-state index in [1.807, 2.05) is 0 Å². The van der Waals surface area contributed by atoms with Crippen LogP contribution < -0.4 is 0 Å². The number of hydrogen-bond donors (Lipinski definition) is 0. The Morgan fingerprint density at radius 3 is 3.09 bits per heavy atom. The summed E-state index contributed by atoms with van der Waals surface area (Å²) >= 11 is 0. The van der Waals surface area contributed by atoms with Gasteiger partial charge in [-0.2, -0.15) is 5.26 Å². The minimum atomic E-state index is -0.292. The Labute approximate surface area is 136 Å². The zero-order chi connectivity index (χ0) is 16.2. The van der Waals surface area contributed by atoms with Gasteiger partial charge in [0.05, 0.1) is 31.0 Å². The molecule has 1 saturated carbocycles. The Morgan fingerprint density at radius 2 is 2.30 bits per heavy atom. The normalized spacial score (nSPS) is 28.7. The molecule has 1 aliphatic carbocycles. The van der Waals surface area contributed by atoms with E-state index in [9.17, 15) is 9.65 Å². The second-order valence-electron chi connectivity index (χ2n) is 6.39. The van der Waals surface area contributed by atoms with Gasteiger partial charge in [-0.15, -0.1) is 0 Å². The summed E-state index contributed by atoms with van der Waals surface area (Å²) in [6.07, 6.45) is 3.68. The van der Waals surface area contributed by atoms with Crippen LogP contribution in [-0.2, 0) is 16.0 Å². The summed E-state index contributed by atoms with van der Waals surface area (Å²) in [4.78, 5) is 2.33. The molecule has 0 unspecified atom stereocenters. The first-order valence-corrected chi connectivity index (χ1v) is 8.26. The lowest BCUT2D eigenvalue weighted by atomic mass is 9.93. The van der Waals surface area contributed by atoms with E-state index in [1.165, 1.54) is 18.6 Å². The summed E-state index contributed by atoms with van der Waals surface area (Å²) < 4.78 is 24.9. The van der Waals surface area contributed by atoms with E-state index < -0.39 is 0 Å². The molecule has 0 bridgehead atoms. The minimum Gasteiger partial charge on any atom is -0.381 e. The molecule has 1 heterocycles. The molecule has 1 aliphatic heterocycles. The van der Waals surface area contributed by atoms with Gasteiger partial charge < -0.3 is 9.47 Å². The first-order chi connectivity index (χ1) is 11.2. The van der Waals surface area contributed by atoms with Crippen molar-refractivity contribution in [1.82, 2.24) is 4.90 Å². The third kappa shape index (κ3) is 3.55. The van der Waals surface area contributed by atoms with Gasteiger partial charge in [0.1, 0.15) is 5.82 Å². The highest BCUT2D eigenvalue weighted by Gasteiger charge is 2.38. The van der Waals surface area contributed by atoms with Gasteiger partial charge in [0.25, 0.3) is 0 Å². The van der Waals surface area contributed by atoms with Gasteiger partial charge in [0, 0.05) is 32.2 Å². The third-order valence-electron chi connectivity index (χ3n) is 5.14. The quantitative estimate of drug-likeness (QED) is 0.856. The summed E-state index contributed by atoms with van der Waals surface area (Å²) in [6, 6.07) is 6.82. The molecular weight excluding hydrogens is 295 g/mol. The van der Waals surface area contributed by atoms with Crippen LogP contribution in [0.25, 0.3) is 0 Å². The van der Waals surface area contributed by atoms with E-state index in [-0.39, 0.29) is 18.0 Å². The van der Waals surface area contributed by atoms with Crippen molar-refractivity contribution in [2.75, 3.05) is 26.9 Å². The summed E-state index contributed by atoms with van der Waals surface area (Å²) in [5.74, 6) is 0.152. The third-order valence-corrected chi connectivity index (χ3v) is 5.14. The number of ether oxygens (including phenoxy) is 2. The number of nitriles is 1. The molecule has 5 heteroatoms. The first kappa shape index (κ1) is 16.4. The predicted molar refractivity (Wildman–Crippen MR) is 84.3 cm³/mol. The Kier molecular flexibility index (Phi) is 5.27. The number of morpholine rings is 1. The molecule has 0 spiro atoms. The van der Waals surface area contributed by atoms with Crippen LogP contribution in [0.2, 0.25) is 0 Å². The molecule has 124 valence electrons. The largest absolute Gasteiger partial charge is 0.381 e. The molecule has 0 amide bonds. The second-order valence-corrected chi connectivity index (χ2v) is 6.39. The number of halogens is 1. The average molecular weight is 318 g/mol. The van der Waals surface area contributed by atoms with Crippen molar-refractivity contribution in [3.8, 4) is 6.07 Å². The summed E-state index contributed by atoms with van der Waals surface area (Å²) in [5, 5.41) is 9.26. The van der Waals surface area contributed by atoms with E-state index in [0.717, 1.165) is 24.9 Å². The first-order valence-electron chi connectivity index (χ1n) is 8.26. The highest BCUT2D eigenvalue weighted by atomic mass is 19.1. The van der Waals surface area contributed by atoms with Crippen LogP contribution in [0.5, 0.6) is 0 Å². The van der Waals surface area contributed by atoms with Crippen LogP contribution in [0.4, 0.5) is 4.39 Å². The monoisotopic (exact) mass is 318 g/mol. The van der Waals surface area contributed by atoms with Crippen molar-refractivity contribution < 1.29 is 13.9 Å². The number of rotatable bonds is 4. The molecular formula is C18H23FN2O2. The summed E-state index contributed by atoms with van der Waals surface area (Å²) in [5.41, 5.74) is 1.30. The molecule has 1 aromatic carbocycles. The maximum Gasteiger partial charge on any atom is 0.123 e. The zero-order valence-electron chi connectivity index (χ0n) is 13.5. The SMILES string of the molecule is CO[C@@H]1CCC[C@H]1[C@H]1COCCN1Cc1cc(F)ccc1C#N. The van der Waals surface area contributed by atoms with E-state index in [4.69, 9.17) is 9.47 Å². The van der Waals surface area contributed by atoms with Crippen molar-refractivity contribution >= 4 is 0 Å². The lowest BCUT2D eigenvalue weighted by molar-refractivity contribution is -0.0608. The van der Waals surface area contributed by atoms with Gasteiger partial charge in [0.2, 0.25) is 0 Å². The van der Waals surface area contributed by atoms with Crippen LogP contribution >= 0.6 is 0 Å². The van der Waals surface area contributed by atoms with E-state index in [2.05, 4.69) is 11.0 Å². The molecule has 4 nitrogen and oxygen atoms in total. The van der Waals surface area contributed by atoms with Crippen molar-refractivity contribution in [3.05, 3.63) is 35.1 Å². The van der Waals surface area contributed by atoms with Crippen LogP contribution in [0.3, 0.4) is 0 Å². The number of hydrogen-bond acceptors (Lipinski definition) is 4. The molecule has 2 fully saturated rings. The maximum atomic E-state index is 13.6. The van der Waals surface area contributed by atoms with E-state index in [1.54, 1.807) is 13.2 Å². The van der Waals surface area contributed by atoms with Crippen molar-refractivity contribution in [1.29, 1.82) is 5.26 Å². The van der Waals surface area contributed by atoms with E-state index >= 15 is 0 Å². The van der Waals surface area contributed by atoms with Crippen LogP contribution in [0.1, 0.15) is 30.4 Å². The molecule has 1 saturated heterocycles. The molecule has 0 N–H and O–H groups in total. The van der Waals surface area contributed by atoms with Crippen molar-refractivity contribution in [2.24, 2.45) is 5.92 Å². The smallest absolute Gasteiger partial charge is 0.123 e. The standard InChI is InChI=1S/C18H23FN2O2/c1-22-18-4-2-3-16(18)17-12-23-8-7-21(17)11-14-9-15(19)6-5-13(14)10-20/h5-6,9,16-18H,2-4,7-8,11-12H2,1H3/t16-,17+,18+/m0/s1. The van der Waals surface area contributed by atoms with Gasteiger partial charge in [0.15, 0.2) is 0 Å². The van der Waals surface area contributed by atoms with Gasteiger partial charge >= 0.3 is 0 Å². The Balaban J connectivity index is 1.80. The lowest BCUT2D eigenvalue weighted by Crippen LogP contribution is -2.51. The van der Waals surface area contributed by atoms with Crippen LogP contribution in [-0.4, -0.2) is 43.9 Å². The average Bonchev–Trinajstić information content (AvgIpc) is 3.04. The fraction of sp³-hybridized carbons (Fsp3) is 0.611. The molecule has 0 radical (unpaired) electrons. The lowest BCUT2D eigenvalue weighted by Gasteiger charge is -2.40.